The van der Waals surface area contributed by atoms with Crippen molar-refractivity contribution in [3.05, 3.63) is 18.2 Å². The lowest BCUT2D eigenvalue weighted by Gasteiger charge is -2.17. The fraction of sp³-hybridized carbons (Fsp3) is 0.333. The Hall–Kier alpha value is -1.35. The lowest BCUT2D eigenvalue weighted by atomic mass is 10.2. The highest BCUT2D eigenvalue weighted by molar-refractivity contribution is 7.89. The molecule has 1 aromatic rings. The van der Waals surface area contributed by atoms with Gasteiger partial charge in [-0.15, -0.1) is 0 Å². The third kappa shape index (κ3) is 3.30. The monoisotopic (exact) mass is 261 g/mol. The standard InChI is InChI=1S/C9H15N3O4S/c10-9-7(12-6(4-13)5-14)2-1-3-8(9)17(11,15)16/h1-3,6,12-14H,4-5,10H2,(H2,11,15,16). The maximum absolute atomic E-state index is 11.2. The van der Waals surface area contributed by atoms with Crippen LogP contribution in [0.5, 0.6) is 0 Å². The third-order valence-electron chi connectivity index (χ3n) is 2.17. The molecule has 0 aliphatic carbocycles. The molecule has 0 aromatic heterocycles. The fourth-order valence-electron chi connectivity index (χ4n) is 1.29. The normalized spacial score (nSPS) is 11.8. The van der Waals surface area contributed by atoms with E-state index in [0.717, 1.165) is 0 Å². The fourth-order valence-corrected chi connectivity index (χ4v) is 1.97. The number of hydrogen-bond acceptors (Lipinski definition) is 6. The van der Waals surface area contributed by atoms with Crippen LogP contribution in [0.1, 0.15) is 0 Å². The van der Waals surface area contributed by atoms with E-state index in [-0.39, 0.29) is 23.8 Å². The molecule has 0 spiro atoms. The van der Waals surface area contributed by atoms with Gasteiger partial charge in [0.1, 0.15) is 4.90 Å². The number of rotatable bonds is 5. The van der Waals surface area contributed by atoms with Crippen molar-refractivity contribution in [1.29, 1.82) is 0 Å². The predicted octanol–water partition coefficient (Wildman–Crippen LogP) is -1.32. The van der Waals surface area contributed by atoms with Crippen molar-refractivity contribution >= 4 is 21.4 Å². The van der Waals surface area contributed by atoms with Gasteiger partial charge in [-0.2, -0.15) is 0 Å². The second-order valence-corrected chi connectivity index (χ2v) is 5.00. The highest BCUT2D eigenvalue weighted by Gasteiger charge is 2.16. The van der Waals surface area contributed by atoms with Crippen molar-refractivity contribution in [3.8, 4) is 0 Å². The molecule has 0 aliphatic heterocycles. The minimum atomic E-state index is -3.90. The molecule has 7 nitrogen and oxygen atoms in total. The van der Waals surface area contributed by atoms with Gasteiger partial charge in [0.2, 0.25) is 10.0 Å². The molecule has 0 fully saturated rings. The van der Waals surface area contributed by atoms with Crippen LogP contribution in [0.25, 0.3) is 0 Å². The minimum Gasteiger partial charge on any atom is -0.396 e. The van der Waals surface area contributed by atoms with E-state index in [4.69, 9.17) is 21.1 Å². The van der Waals surface area contributed by atoms with Crippen molar-refractivity contribution in [3.63, 3.8) is 0 Å². The predicted molar refractivity (Wildman–Crippen MR) is 63.8 cm³/mol. The van der Waals surface area contributed by atoms with Crippen LogP contribution >= 0.6 is 0 Å². The number of nitrogen functional groups attached to an aromatic ring is 1. The number of benzene rings is 1. The zero-order valence-corrected chi connectivity index (χ0v) is 9.81. The second-order valence-electron chi connectivity index (χ2n) is 3.47. The van der Waals surface area contributed by atoms with E-state index in [1.165, 1.54) is 18.2 Å². The quantitative estimate of drug-likeness (QED) is 0.417. The van der Waals surface area contributed by atoms with Crippen molar-refractivity contribution in [2.45, 2.75) is 10.9 Å². The summed E-state index contributed by atoms with van der Waals surface area (Å²) in [5.41, 5.74) is 5.90. The van der Waals surface area contributed by atoms with Crippen molar-refractivity contribution in [1.82, 2.24) is 0 Å². The first-order valence-electron chi connectivity index (χ1n) is 4.79. The molecular weight excluding hydrogens is 246 g/mol. The van der Waals surface area contributed by atoms with Crippen molar-refractivity contribution in [2.75, 3.05) is 24.3 Å². The highest BCUT2D eigenvalue weighted by Crippen LogP contribution is 2.26. The zero-order chi connectivity index (χ0) is 13.1. The number of primary sulfonamides is 1. The van der Waals surface area contributed by atoms with Gasteiger partial charge in [-0.1, -0.05) is 6.07 Å². The molecule has 0 bridgehead atoms. The van der Waals surface area contributed by atoms with E-state index in [1.807, 2.05) is 0 Å². The molecule has 0 atom stereocenters. The smallest absolute Gasteiger partial charge is 0.240 e. The summed E-state index contributed by atoms with van der Waals surface area (Å²) in [6, 6.07) is 3.66. The number of nitrogens with two attached hydrogens (primary N) is 2. The average molecular weight is 261 g/mol. The maximum Gasteiger partial charge on any atom is 0.240 e. The molecule has 0 amide bonds. The number of anilines is 2. The van der Waals surface area contributed by atoms with Gasteiger partial charge in [0.05, 0.1) is 30.6 Å². The molecule has 7 N–H and O–H groups in total. The Morgan fingerprint density at radius 2 is 1.88 bits per heavy atom. The Balaban J connectivity index is 3.11. The van der Waals surface area contributed by atoms with E-state index in [2.05, 4.69) is 5.32 Å². The van der Waals surface area contributed by atoms with Gasteiger partial charge >= 0.3 is 0 Å². The van der Waals surface area contributed by atoms with Crippen LogP contribution in [0.2, 0.25) is 0 Å². The van der Waals surface area contributed by atoms with Crippen LogP contribution in [-0.2, 0) is 10.0 Å². The SMILES string of the molecule is Nc1c(NC(CO)CO)cccc1S(N)(=O)=O. The average Bonchev–Trinajstić information content (AvgIpc) is 2.26. The Labute approximate surface area is 99.1 Å². The summed E-state index contributed by atoms with van der Waals surface area (Å²) in [5.74, 6) is 0. The van der Waals surface area contributed by atoms with Crippen LogP contribution in [0.15, 0.2) is 23.1 Å². The largest absolute Gasteiger partial charge is 0.396 e. The van der Waals surface area contributed by atoms with Crippen molar-refractivity contribution < 1.29 is 18.6 Å². The first-order valence-corrected chi connectivity index (χ1v) is 6.34. The third-order valence-corrected chi connectivity index (χ3v) is 3.14. The Kier molecular flexibility index (Phi) is 4.29. The summed E-state index contributed by atoms with van der Waals surface area (Å²) in [5, 5.41) is 25.5. The number of para-hydroxylation sites is 1. The van der Waals surface area contributed by atoms with E-state index in [0.29, 0.717) is 5.69 Å². The summed E-state index contributed by atoms with van der Waals surface area (Å²) in [6.07, 6.45) is 0. The van der Waals surface area contributed by atoms with Gasteiger partial charge in [0, 0.05) is 0 Å². The lowest BCUT2D eigenvalue weighted by molar-refractivity contribution is 0.204. The lowest BCUT2D eigenvalue weighted by Crippen LogP contribution is -2.28. The van der Waals surface area contributed by atoms with Crippen molar-refractivity contribution in [2.24, 2.45) is 5.14 Å². The Morgan fingerprint density at radius 3 is 2.35 bits per heavy atom. The maximum atomic E-state index is 11.2. The van der Waals surface area contributed by atoms with Gasteiger partial charge in [0.15, 0.2) is 0 Å². The molecule has 8 heteroatoms. The molecule has 17 heavy (non-hydrogen) atoms. The Bertz CT molecular complexity index is 485. The molecule has 0 unspecified atom stereocenters. The minimum absolute atomic E-state index is 0.0399. The first kappa shape index (κ1) is 13.7. The van der Waals surface area contributed by atoms with E-state index in [9.17, 15) is 8.42 Å². The summed E-state index contributed by atoms with van der Waals surface area (Å²) in [4.78, 5) is -0.197. The molecule has 0 heterocycles. The van der Waals surface area contributed by atoms with Crippen LogP contribution < -0.4 is 16.2 Å². The second kappa shape index (κ2) is 5.32. The summed E-state index contributed by atoms with van der Waals surface area (Å²) in [6.45, 7) is -0.620. The molecule has 0 saturated heterocycles. The molecule has 0 aliphatic rings. The number of aliphatic hydroxyl groups excluding tert-OH is 2. The number of sulfonamides is 1. The number of hydrogen-bond donors (Lipinski definition) is 5. The van der Waals surface area contributed by atoms with Crippen LogP contribution in [0, 0.1) is 0 Å². The molecule has 0 saturated carbocycles. The zero-order valence-electron chi connectivity index (χ0n) is 9.00. The molecule has 1 rings (SSSR count). The van der Waals surface area contributed by atoms with Gasteiger partial charge in [-0.25, -0.2) is 13.6 Å². The van der Waals surface area contributed by atoms with Crippen LogP contribution in [0.4, 0.5) is 11.4 Å². The molecule has 0 radical (unpaired) electrons. The Morgan fingerprint density at radius 1 is 1.29 bits per heavy atom. The molecular formula is C9H15N3O4S. The van der Waals surface area contributed by atoms with E-state index >= 15 is 0 Å². The summed E-state index contributed by atoms with van der Waals surface area (Å²) < 4.78 is 22.4. The molecule has 96 valence electrons. The van der Waals surface area contributed by atoms with E-state index < -0.39 is 16.1 Å². The first-order chi connectivity index (χ1) is 7.90. The molecule has 1 aromatic carbocycles. The number of nitrogens with one attached hydrogen (secondary N) is 1. The van der Waals surface area contributed by atoms with Crippen LogP contribution in [-0.4, -0.2) is 37.9 Å². The topological polar surface area (TPSA) is 139 Å². The van der Waals surface area contributed by atoms with Gasteiger partial charge in [0.25, 0.3) is 0 Å². The van der Waals surface area contributed by atoms with Gasteiger partial charge in [-0.3, -0.25) is 0 Å². The van der Waals surface area contributed by atoms with E-state index in [1.54, 1.807) is 0 Å². The summed E-state index contributed by atoms with van der Waals surface area (Å²) >= 11 is 0. The highest BCUT2D eigenvalue weighted by atomic mass is 32.2. The van der Waals surface area contributed by atoms with Gasteiger partial charge in [-0.05, 0) is 12.1 Å². The summed E-state index contributed by atoms with van der Waals surface area (Å²) in [7, 11) is -3.90. The van der Waals surface area contributed by atoms with Crippen LogP contribution in [0.3, 0.4) is 0 Å². The number of aliphatic hydroxyl groups is 2. The van der Waals surface area contributed by atoms with Gasteiger partial charge < -0.3 is 21.3 Å².